The molecule has 0 saturated heterocycles. The monoisotopic (exact) mass is 331 g/mol. The molecule has 0 unspecified atom stereocenters. The molecule has 0 bridgehead atoms. The highest BCUT2D eigenvalue weighted by Gasteiger charge is 2.18. The number of hydrogen-bond acceptors (Lipinski definition) is 3. The number of aromatic amines is 1. The minimum Gasteiger partial charge on any atom is -0.391 e. The summed E-state index contributed by atoms with van der Waals surface area (Å²) in [5, 5.41) is 15.6. The van der Waals surface area contributed by atoms with Crippen LogP contribution in [0.3, 0.4) is 0 Å². The first kappa shape index (κ1) is 18.0. The summed E-state index contributed by atoms with van der Waals surface area (Å²) in [5.74, 6) is -0.246. The lowest BCUT2D eigenvalue weighted by molar-refractivity contribution is 0.0812. The minimum absolute atomic E-state index is 0.154. The second kappa shape index (κ2) is 7.97. The third kappa shape index (κ3) is 4.14. The average Bonchev–Trinajstić information content (AvgIpc) is 2.96. The van der Waals surface area contributed by atoms with Crippen molar-refractivity contribution in [2.45, 2.75) is 39.7 Å². The van der Waals surface area contributed by atoms with Crippen molar-refractivity contribution >= 4 is 5.91 Å². The Hall–Kier alpha value is -2.34. The zero-order chi connectivity index (χ0) is 17.7. The lowest BCUT2D eigenvalue weighted by Crippen LogP contribution is -2.36. The number of aryl methyl sites for hydroxylation is 1. The second-order valence-electron chi connectivity index (χ2n) is 6.03. The van der Waals surface area contributed by atoms with Gasteiger partial charge in [0.15, 0.2) is 0 Å². The Morgan fingerprint density at radius 1 is 1.25 bits per heavy atom. The van der Waals surface area contributed by atoms with Crippen LogP contribution in [0, 0.1) is 12.8 Å². The van der Waals surface area contributed by atoms with Crippen LogP contribution in [0.1, 0.15) is 42.7 Å². The molecule has 1 atom stereocenters. The minimum atomic E-state index is -0.588. The molecular weight excluding hydrogens is 306 g/mol. The number of amides is 1. The van der Waals surface area contributed by atoms with Crippen molar-refractivity contribution in [2.75, 3.05) is 6.54 Å². The van der Waals surface area contributed by atoms with Crippen LogP contribution in [0.4, 0.5) is 0 Å². The van der Waals surface area contributed by atoms with E-state index in [1.165, 1.54) is 10.7 Å². The number of carbonyl (C=O) groups is 1. The SMILES string of the molecule is CCC(CC)[C@H](O)CNC(=O)c1cc(=O)n(-c2ccc(C)cc2)[nH]1. The van der Waals surface area contributed by atoms with Gasteiger partial charge in [-0.05, 0) is 25.0 Å². The fourth-order valence-corrected chi connectivity index (χ4v) is 2.69. The Labute approximate surface area is 141 Å². The molecule has 6 nitrogen and oxygen atoms in total. The summed E-state index contributed by atoms with van der Waals surface area (Å²) < 4.78 is 1.33. The van der Waals surface area contributed by atoms with Gasteiger partial charge in [0.1, 0.15) is 5.69 Å². The molecule has 0 aliphatic heterocycles. The largest absolute Gasteiger partial charge is 0.391 e. The summed E-state index contributed by atoms with van der Waals surface area (Å²) >= 11 is 0. The number of nitrogens with one attached hydrogen (secondary N) is 2. The Kier molecular flexibility index (Phi) is 5.98. The predicted molar refractivity (Wildman–Crippen MR) is 93.5 cm³/mol. The lowest BCUT2D eigenvalue weighted by Gasteiger charge is -2.20. The van der Waals surface area contributed by atoms with E-state index in [1.54, 1.807) is 0 Å². The Bertz CT molecular complexity index is 727. The number of aliphatic hydroxyl groups is 1. The van der Waals surface area contributed by atoms with Gasteiger partial charge < -0.3 is 10.4 Å². The van der Waals surface area contributed by atoms with E-state index in [0.717, 1.165) is 18.4 Å². The van der Waals surface area contributed by atoms with Gasteiger partial charge in [0.2, 0.25) is 0 Å². The van der Waals surface area contributed by atoms with Gasteiger partial charge in [-0.25, -0.2) is 4.68 Å². The second-order valence-corrected chi connectivity index (χ2v) is 6.03. The van der Waals surface area contributed by atoms with E-state index in [0.29, 0.717) is 5.69 Å². The summed E-state index contributed by atoms with van der Waals surface area (Å²) in [6.07, 6.45) is 1.12. The van der Waals surface area contributed by atoms with Crippen LogP contribution < -0.4 is 10.9 Å². The van der Waals surface area contributed by atoms with Crippen LogP contribution in [0.25, 0.3) is 5.69 Å². The number of rotatable bonds is 7. The predicted octanol–water partition coefficient (Wildman–Crippen LogP) is 2.00. The molecule has 1 heterocycles. The van der Waals surface area contributed by atoms with Crippen LogP contribution in [-0.4, -0.2) is 33.4 Å². The molecule has 2 rings (SSSR count). The summed E-state index contributed by atoms with van der Waals surface area (Å²) in [4.78, 5) is 24.3. The van der Waals surface area contributed by atoms with Crippen LogP contribution in [0.15, 0.2) is 35.1 Å². The van der Waals surface area contributed by atoms with Crippen LogP contribution in [0.5, 0.6) is 0 Å². The highest BCUT2D eigenvalue weighted by atomic mass is 16.3. The Morgan fingerprint density at radius 2 is 1.88 bits per heavy atom. The number of aromatic nitrogens is 2. The van der Waals surface area contributed by atoms with Crippen molar-refractivity contribution in [1.29, 1.82) is 0 Å². The van der Waals surface area contributed by atoms with Gasteiger partial charge in [-0.2, -0.15) is 0 Å². The number of carbonyl (C=O) groups excluding carboxylic acids is 1. The van der Waals surface area contributed by atoms with Gasteiger partial charge in [0, 0.05) is 12.6 Å². The average molecular weight is 331 g/mol. The van der Waals surface area contributed by atoms with Crippen LogP contribution in [0.2, 0.25) is 0 Å². The third-order valence-electron chi connectivity index (χ3n) is 4.32. The molecule has 6 heteroatoms. The van der Waals surface area contributed by atoms with Crippen molar-refractivity contribution < 1.29 is 9.90 Å². The first-order valence-electron chi connectivity index (χ1n) is 8.31. The van der Waals surface area contributed by atoms with E-state index >= 15 is 0 Å². The molecule has 0 radical (unpaired) electrons. The van der Waals surface area contributed by atoms with E-state index < -0.39 is 12.0 Å². The van der Waals surface area contributed by atoms with Gasteiger partial charge >= 0.3 is 0 Å². The molecule has 130 valence electrons. The summed E-state index contributed by atoms with van der Waals surface area (Å²) in [6, 6.07) is 8.68. The maximum atomic E-state index is 12.2. The first-order chi connectivity index (χ1) is 11.5. The quantitative estimate of drug-likeness (QED) is 0.725. The van der Waals surface area contributed by atoms with Crippen LogP contribution >= 0.6 is 0 Å². The van der Waals surface area contributed by atoms with E-state index in [2.05, 4.69) is 10.4 Å². The van der Waals surface area contributed by atoms with Crippen molar-refractivity contribution in [1.82, 2.24) is 15.1 Å². The maximum absolute atomic E-state index is 12.2. The molecule has 3 N–H and O–H groups in total. The fourth-order valence-electron chi connectivity index (χ4n) is 2.69. The van der Waals surface area contributed by atoms with E-state index in [1.807, 2.05) is 45.0 Å². The zero-order valence-corrected chi connectivity index (χ0v) is 14.4. The Balaban J connectivity index is 2.07. The highest BCUT2D eigenvalue weighted by Crippen LogP contribution is 2.12. The van der Waals surface area contributed by atoms with Crippen LogP contribution in [-0.2, 0) is 0 Å². The van der Waals surface area contributed by atoms with Gasteiger partial charge in [-0.15, -0.1) is 0 Å². The zero-order valence-electron chi connectivity index (χ0n) is 14.4. The molecule has 0 saturated carbocycles. The molecule has 0 fully saturated rings. The first-order valence-corrected chi connectivity index (χ1v) is 8.31. The molecule has 2 aromatic rings. The molecule has 1 aromatic carbocycles. The summed E-state index contributed by atoms with van der Waals surface area (Å²) in [6.45, 7) is 6.16. The summed E-state index contributed by atoms with van der Waals surface area (Å²) in [7, 11) is 0. The molecule has 0 spiro atoms. The summed E-state index contributed by atoms with van der Waals surface area (Å²) in [5.41, 5.74) is 1.63. The maximum Gasteiger partial charge on any atom is 0.271 e. The molecule has 0 aliphatic carbocycles. The van der Waals surface area contributed by atoms with E-state index in [-0.39, 0.29) is 23.7 Å². The molecule has 1 amide bonds. The van der Waals surface area contributed by atoms with Gasteiger partial charge in [-0.1, -0.05) is 44.4 Å². The number of nitrogens with zero attached hydrogens (tertiary/aromatic N) is 1. The van der Waals surface area contributed by atoms with E-state index in [9.17, 15) is 14.7 Å². The van der Waals surface area contributed by atoms with Gasteiger partial charge in [0.25, 0.3) is 11.5 Å². The third-order valence-corrected chi connectivity index (χ3v) is 4.32. The van der Waals surface area contributed by atoms with E-state index in [4.69, 9.17) is 0 Å². The number of hydrogen-bond donors (Lipinski definition) is 3. The van der Waals surface area contributed by atoms with Gasteiger partial charge in [-0.3, -0.25) is 14.7 Å². The highest BCUT2D eigenvalue weighted by molar-refractivity contribution is 5.92. The smallest absolute Gasteiger partial charge is 0.271 e. The van der Waals surface area contributed by atoms with Gasteiger partial charge in [0.05, 0.1) is 11.8 Å². The van der Waals surface area contributed by atoms with Crippen molar-refractivity contribution in [2.24, 2.45) is 5.92 Å². The normalized spacial score (nSPS) is 12.4. The molecule has 1 aromatic heterocycles. The number of H-pyrrole nitrogens is 1. The number of aliphatic hydroxyl groups excluding tert-OH is 1. The topological polar surface area (TPSA) is 87.1 Å². The van der Waals surface area contributed by atoms with Crippen molar-refractivity contribution in [3.8, 4) is 5.69 Å². The van der Waals surface area contributed by atoms with Crippen molar-refractivity contribution in [3.63, 3.8) is 0 Å². The molecular formula is C18H25N3O3. The standard InChI is InChI=1S/C18H25N3O3/c1-4-13(5-2)16(22)11-19-18(24)15-10-17(23)21(20-15)14-8-6-12(3)7-9-14/h6-10,13,16,20,22H,4-5,11H2,1-3H3,(H,19,24)/t16-/m1/s1. The number of benzene rings is 1. The Morgan fingerprint density at radius 3 is 2.46 bits per heavy atom. The lowest BCUT2D eigenvalue weighted by atomic mass is 9.96. The fraction of sp³-hybridized carbons (Fsp3) is 0.444. The molecule has 24 heavy (non-hydrogen) atoms. The molecule has 0 aliphatic rings. The van der Waals surface area contributed by atoms with Crippen molar-refractivity contribution in [3.05, 3.63) is 51.9 Å².